The predicted octanol–water partition coefficient (Wildman–Crippen LogP) is 2.26. The van der Waals surface area contributed by atoms with Crippen LogP contribution < -0.4 is 10.2 Å². The SMILES string of the molecule is COC(C)C(=O)Nc1ccccc1N1CCCC1. The second-order valence-electron chi connectivity index (χ2n) is 4.58. The molecule has 0 radical (unpaired) electrons. The van der Waals surface area contributed by atoms with E-state index in [0.717, 1.165) is 24.5 Å². The molecule has 2 rings (SSSR count). The first kappa shape index (κ1) is 12.9. The Kier molecular flexibility index (Phi) is 4.20. The molecule has 0 saturated carbocycles. The van der Waals surface area contributed by atoms with Gasteiger partial charge in [-0.1, -0.05) is 12.1 Å². The molecule has 1 aromatic rings. The first-order valence-electron chi connectivity index (χ1n) is 6.40. The molecule has 1 aliphatic heterocycles. The second-order valence-corrected chi connectivity index (χ2v) is 4.58. The Hall–Kier alpha value is -1.55. The van der Waals surface area contributed by atoms with Crippen molar-refractivity contribution in [2.75, 3.05) is 30.4 Å². The molecule has 0 aliphatic carbocycles. The lowest BCUT2D eigenvalue weighted by Crippen LogP contribution is -2.28. The minimum absolute atomic E-state index is 0.107. The van der Waals surface area contributed by atoms with Crippen LogP contribution in [0.3, 0.4) is 0 Å². The van der Waals surface area contributed by atoms with E-state index < -0.39 is 6.10 Å². The third-order valence-electron chi connectivity index (χ3n) is 3.33. The van der Waals surface area contributed by atoms with Crippen LogP contribution in [0.15, 0.2) is 24.3 Å². The molecule has 0 aromatic heterocycles. The molecule has 1 atom stereocenters. The Morgan fingerprint density at radius 3 is 2.67 bits per heavy atom. The summed E-state index contributed by atoms with van der Waals surface area (Å²) in [5, 5.41) is 2.93. The number of anilines is 2. The molecular formula is C14H20N2O2. The Morgan fingerprint density at radius 2 is 2.00 bits per heavy atom. The van der Waals surface area contributed by atoms with Gasteiger partial charge in [0.25, 0.3) is 5.91 Å². The number of carbonyl (C=O) groups excluding carboxylic acids is 1. The molecule has 18 heavy (non-hydrogen) atoms. The van der Waals surface area contributed by atoms with E-state index in [4.69, 9.17) is 4.74 Å². The zero-order chi connectivity index (χ0) is 13.0. The van der Waals surface area contributed by atoms with Gasteiger partial charge >= 0.3 is 0 Å². The van der Waals surface area contributed by atoms with Crippen molar-refractivity contribution < 1.29 is 9.53 Å². The minimum Gasteiger partial charge on any atom is -0.372 e. The van der Waals surface area contributed by atoms with Crippen LogP contribution >= 0.6 is 0 Å². The quantitative estimate of drug-likeness (QED) is 0.888. The number of ether oxygens (including phenoxy) is 1. The van der Waals surface area contributed by atoms with Gasteiger partial charge in [0.1, 0.15) is 6.10 Å². The maximum atomic E-state index is 11.9. The molecule has 0 spiro atoms. The van der Waals surface area contributed by atoms with E-state index in [2.05, 4.69) is 16.3 Å². The van der Waals surface area contributed by atoms with Crippen LogP contribution in [-0.2, 0) is 9.53 Å². The second kappa shape index (κ2) is 5.87. The summed E-state index contributed by atoms with van der Waals surface area (Å²) in [6.07, 6.45) is 2.00. The number of methoxy groups -OCH3 is 1. The highest BCUT2D eigenvalue weighted by Crippen LogP contribution is 2.28. The van der Waals surface area contributed by atoms with Gasteiger partial charge in [0.15, 0.2) is 0 Å². The summed E-state index contributed by atoms with van der Waals surface area (Å²) in [4.78, 5) is 14.2. The lowest BCUT2D eigenvalue weighted by Gasteiger charge is -2.22. The zero-order valence-corrected chi connectivity index (χ0v) is 11.0. The molecule has 1 saturated heterocycles. The molecule has 98 valence electrons. The van der Waals surface area contributed by atoms with E-state index in [0.29, 0.717) is 0 Å². The van der Waals surface area contributed by atoms with E-state index in [1.165, 1.54) is 20.0 Å². The van der Waals surface area contributed by atoms with E-state index in [9.17, 15) is 4.79 Å². The molecule has 1 heterocycles. The third-order valence-corrected chi connectivity index (χ3v) is 3.33. The van der Waals surface area contributed by atoms with Crippen molar-refractivity contribution in [3.05, 3.63) is 24.3 Å². The van der Waals surface area contributed by atoms with Crippen LogP contribution in [0.4, 0.5) is 11.4 Å². The first-order chi connectivity index (χ1) is 8.72. The largest absolute Gasteiger partial charge is 0.372 e. The van der Waals surface area contributed by atoms with Crippen LogP contribution in [0.2, 0.25) is 0 Å². The number of carbonyl (C=O) groups is 1. The molecule has 1 fully saturated rings. The summed E-state index contributed by atoms with van der Waals surface area (Å²) < 4.78 is 5.02. The normalized spacial score (nSPS) is 16.7. The summed E-state index contributed by atoms with van der Waals surface area (Å²) in [7, 11) is 1.54. The fraction of sp³-hybridized carbons (Fsp3) is 0.500. The van der Waals surface area contributed by atoms with Gasteiger partial charge in [-0.15, -0.1) is 0 Å². The number of hydrogen-bond donors (Lipinski definition) is 1. The van der Waals surface area contributed by atoms with Crippen LogP contribution in [-0.4, -0.2) is 32.2 Å². The Morgan fingerprint density at radius 1 is 1.33 bits per heavy atom. The van der Waals surface area contributed by atoms with Gasteiger partial charge in [0.05, 0.1) is 11.4 Å². The Balaban J connectivity index is 2.14. The van der Waals surface area contributed by atoms with Gasteiger partial charge in [-0.2, -0.15) is 0 Å². The number of amides is 1. The van der Waals surface area contributed by atoms with Gasteiger partial charge in [-0.05, 0) is 31.9 Å². The summed E-state index contributed by atoms with van der Waals surface area (Å²) in [6.45, 7) is 3.87. The summed E-state index contributed by atoms with van der Waals surface area (Å²) >= 11 is 0. The maximum absolute atomic E-state index is 11.9. The highest BCUT2D eigenvalue weighted by atomic mass is 16.5. The van der Waals surface area contributed by atoms with Crippen LogP contribution in [0.1, 0.15) is 19.8 Å². The number of hydrogen-bond acceptors (Lipinski definition) is 3. The van der Waals surface area contributed by atoms with E-state index in [-0.39, 0.29) is 5.91 Å². The van der Waals surface area contributed by atoms with Crippen molar-refractivity contribution in [3.8, 4) is 0 Å². The van der Waals surface area contributed by atoms with Crippen molar-refractivity contribution in [1.82, 2.24) is 0 Å². The van der Waals surface area contributed by atoms with Crippen LogP contribution in [0.25, 0.3) is 0 Å². The summed E-state index contributed by atoms with van der Waals surface area (Å²) in [6, 6.07) is 7.93. The number of nitrogens with one attached hydrogen (secondary N) is 1. The maximum Gasteiger partial charge on any atom is 0.253 e. The van der Waals surface area contributed by atoms with Crippen molar-refractivity contribution in [2.45, 2.75) is 25.9 Å². The standard InChI is InChI=1S/C14H20N2O2/c1-11(18-2)14(17)15-12-7-3-4-8-13(12)16-9-5-6-10-16/h3-4,7-8,11H,5-6,9-10H2,1-2H3,(H,15,17). The van der Waals surface area contributed by atoms with Crippen LogP contribution in [0.5, 0.6) is 0 Å². The zero-order valence-electron chi connectivity index (χ0n) is 11.0. The number of nitrogens with zero attached hydrogens (tertiary/aromatic N) is 1. The molecule has 1 aromatic carbocycles. The predicted molar refractivity (Wildman–Crippen MR) is 73.0 cm³/mol. The highest BCUT2D eigenvalue weighted by molar-refractivity contribution is 5.97. The molecule has 0 bridgehead atoms. The number of para-hydroxylation sites is 2. The third kappa shape index (κ3) is 2.82. The van der Waals surface area contributed by atoms with Gasteiger partial charge < -0.3 is 15.0 Å². The number of benzene rings is 1. The van der Waals surface area contributed by atoms with E-state index in [1.807, 2.05) is 18.2 Å². The van der Waals surface area contributed by atoms with Gasteiger partial charge in [0, 0.05) is 20.2 Å². The van der Waals surface area contributed by atoms with Gasteiger partial charge in [-0.3, -0.25) is 4.79 Å². The lowest BCUT2D eigenvalue weighted by molar-refractivity contribution is -0.124. The van der Waals surface area contributed by atoms with Crippen molar-refractivity contribution in [2.24, 2.45) is 0 Å². The first-order valence-corrected chi connectivity index (χ1v) is 6.40. The fourth-order valence-corrected chi connectivity index (χ4v) is 2.15. The molecule has 4 nitrogen and oxygen atoms in total. The Bertz CT molecular complexity index is 414. The monoisotopic (exact) mass is 248 g/mol. The molecule has 1 N–H and O–H groups in total. The van der Waals surface area contributed by atoms with Crippen molar-refractivity contribution >= 4 is 17.3 Å². The van der Waals surface area contributed by atoms with E-state index >= 15 is 0 Å². The lowest BCUT2D eigenvalue weighted by atomic mass is 10.2. The molecule has 1 aliphatic rings. The fourth-order valence-electron chi connectivity index (χ4n) is 2.15. The topological polar surface area (TPSA) is 41.6 Å². The highest BCUT2D eigenvalue weighted by Gasteiger charge is 2.18. The molecular weight excluding hydrogens is 228 g/mol. The van der Waals surface area contributed by atoms with Gasteiger partial charge in [0.2, 0.25) is 0 Å². The van der Waals surface area contributed by atoms with Crippen LogP contribution in [0, 0.1) is 0 Å². The number of rotatable bonds is 4. The van der Waals surface area contributed by atoms with E-state index in [1.54, 1.807) is 6.92 Å². The van der Waals surface area contributed by atoms with Gasteiger partial charge in [-0.25, -0.2) is 0 Å². The molecule has 1 amide bonds. The van der Waals surface area contributed by atoms with Crippen molar-refractivity contribution in [3.63, 3.8) is 0 Å². The summed E-state index contributed by atoms with van der Waals surface area (Å²) in [5.41, 5.74) is 1.97. The van der Waals surface area contributed by atoms with Crippen molar-refractivity contribution in [1.29, 1.82) is 0 Å². The molecule has 4 heteroatoms. The molecule has 1 unspecified atom stereocenters. The average molecular weight is 248 g/mol. The Labute approximate surface area is 108 Å². The minimum atomic E-state index is -0.434. The average Bonchev–Trinajstić information content (AvgIpc) is 2.92. The smallest absolute Gasteiger partial charge is 0.253 e. The summed E-state index contributed by atoms with van der Waals surface area (Å²) in [5.74, 6) is -0.107.